The normalized spacial score (nSPS) is 10.8. The molecule has 0 saturated carbocycles. The number of hydrogen-bond donors (Lipinski definition) is 1. The molecule has 4 nitrogen and oxygen atoms in total. The standard InChI is InChI=1S/C12H9N3O/c16-12-10-5-1-2-6-11(10)15(14-12)9-4-3-7-13-8-9/h1-8H,(H,14,16). The average molecular weight is 211 g/mol. The number of para-hydroxylation sites is 1. The van der Waals surface area contributed by atoms with E-state index in [1.54, 1.807) is 23.1 Å². The zero-order valence-electron chi connectivity index (χ0n) is 8.42. The van der Waals surface area contributed by atoms with Gasteiger partial charge in [-0.25, -0.2) is 0 Å². The molecule has 3 rings (SSSR count). The summed E-state index contributed by atoms with van der Waals surface area (Å²) < 4.78 is 1.74. The lowest BCUT2D eigenvalue weighted by Crippen LogP contribution is -2.03. The minimum atomic E-state index is -0.0838. The van der Waals surface area contributed by atoms with Crippen LogP contribution in [-0.2, 0) is 0 Å². The van der Waals surface area contributed by atoms with Crippen LogP contribution in [0.5, 0.6) is 0 Å². The maximum atomic E-state index is 11.7. The predicted octanol–water partition coefficient (Wildman–Crippen LogP) is 1.71. The molecule has 0 saturated heterocycles. The molecule has 0 spiro atoms. The Hall–Kier alpha value is -2.36. The van der Waals surface area contributed by atoms with E-state index >= 15 is 0 Å². The van der Waals surface area contributed by atoms with Crippen LogP contribution in [0, 0.1) is 0 Å². The van der Waals surface area contributed by atoms with Crippen molar-refractivity contribution in [2.24, 2.45) is 0 Å². The largest absolute Gasteiger partial charge is 0.272 e. The molecule has 0 amide bonds. The maximum absolute atomic E-state index is 11.7. The fourth-order valence-corrected chi connectivity index (χ4v) is 1.77. The van der Waals surface area contributed by atoms with Crippen molar-refractivity contribution >= 4 is 10.9 Å². The maximum Gasteiger partial charge on any atom is 0.272 e. The SMILES string of the molecule is O=c1[nH]n(-c2cccnc2)c2ccccc12. The van der Waals surface area contributed by atoms with Gasteiger partial charge in [-0.3, -0.25) is 19.6 Å². The van der Waals surface area contributed by atoms with Crippen LogP contribution in [0.25, 0.3) is 16.6 Å². The van der Waals surface area contributed by atoms with Crippen molar-refractivity contribution in [2.75, 3.05) is 0 Å². The zero-order chi connectivity index (χ0) is 11.0. The number of rotatable bonds is 1. The molecule has 2 heterocycles. The first-order chi connectivity index (χ1) is 7.86. The van der Waals surface area contributed by atoms with Gasteiger partial charge in [0.15, 0.2) is 0 Å². The highest BCUT2D eigenvalue weighted by atomic mass is 16.1. The summed E-state index contributed by atoms with van der Waals surface area (Å²) in [5.41, 5.74) is 1.63. The van der Waals surface area contributed by atoms with E-state index in [2.05, 4.69) is 10.1 Å². The second kappa shape index (κ2) is 3.34. The Morgan fingerprint density at radius 2 is 2.00 bits per heavy atom. The zero-order valence-corrected chi connectivity index (χ0v) is 8.42. The Labute approximate surface area is 91.2 Å². The number of H-pyrrole nitrogens is 1. The highest BCUT2D eigenvalue weighted by Crippen LogP contribution is 2.13. The molecule has 0 radical (unpaired) electrons. The highest BCUT2D eigenvalue weighted by Gasteiger charge is 2.06. The molecule has 0 fully saturated rings. The van der Waals surface area contributed by atoms with Crippen LogP contribution < -0.4 is 5.56 Å². The van der Waals surface area contributed by atoms with Crippen LogP contribution >= 0.6 is 0 Å². The Bertz CT molecular complexity index is 682. The van der Waals surface area contributed by atoms with Crippen molar-refractivity contribution in [3.63, 3.8) is 0 Å². The summed E-state index contributed by atoms with van der Waals surface area (Å²) in [7, 11) is 0. The van der Waals surface area contributed by atoms with Crippen molar-refractivity contribution < 1.29 is 0 Å². The Kier molecular flexibility index (Phi) is 1.86. The van der Waals surface area contributed by atoms with Crippen molar-refractivity contribution in [1.82, 2.24) is 14.8 Å². The van der Waals surface area contributed by atoms with Gasteiger partial charge in [0, 0.05) is 6.20 Å². The summed E-state index contributed by atoms with van der Waals surface area (Å²) >= 11 is 0. The lowest BCUT2D eigenvalue weighted by Gasteiger charge is -2.02. The molecule has 0 aliphatic heterocycles. The molecular formula is C12H9N3O. The molecule has 0 aliphatic rings. The predicted molar refractivity (Wildman–Crippen MR) is 61.7 cm³/mol. The van der Waals surface area contributed by atoms with Gasteiger partial charge in [-0.2, -0.15) is 0 Å². The fraction of sp³-hybridized carbons (Fsp3) is 0. The number of pyridine rings is 1. The highest BCUT2D eigenvalue weighted by molar-refractivity contribution is 5.79. The van der Waals surface area contributed by atoms with Crippen LogP contribution in [0.1, 0.15) is 0 Å². The summed E-state index contributed by atoms with van der Waals surface area (Å²) in [6.07, 6.45) is 3.41. The van der Waals surface area contributed by atoms with E-state index in [0.29, 0.717) is 5.39 Å². The molecule has 2 aromatic heterocycles. The summed E-state index contributed by atoms with van der Waals surface area (Å²) in [4.78, 5) is 15.7. The average Bonchev–Trinajstić information content (AvgIpc) is 2.69. The smallest absolute Gasteiger partial charge is 0.267 e. The van der Waals surface area contributed by atoms with Crippen LogP contribution in [0.4, 0.5) is 0 Å². The summed E-state index contributed by atoms with van der Waals surface area (Å²) in [6, 6.07) is 11.2. The molecule has 16 heavy (non-hydrogen) atoms. The van der Waals surface area contributed by atoms with Crippen LogP contribution in [0.15, 0.2) is 53.6 Å². The first-order valence-corrected chi connectivity index (χ1v) is 4.96. The Balaban J connectivity index is 2.38. The summed E-state index contributed by atoms with van der Waals surface area (Å²) in [5.74, 6) is 0. The van der Waals surface area contributed by atoms with Gasteiger partial charge in [0.05, 0.1) is 22.8 Å². The molecule has 78 valence electrons. The van der Waals surface area contributed by atoms with Crippen LogP contribution in [-0.4, -0.2) is 14.8 Å². The van der Waals surface area contributed by atoms with Gasteiger partial charge in [0.25, 0.3) is 5.56 Å². The third-order valence-corrected chi connectivity index (χ3v) is 2.51. The number of benzene rings is 1. The van der Waals surface area contributed by atoms with Gasteiger partial charge < -0.3 is 0 Å². The molecule has 1 aromatic carbocycles. The van der Waals surface area contributed by atoms with Gasteiger partial charge in [-0.05, 0) is 24.3 Å². The number of aromatic amines is 1. The number of hydrogen-bond acceptors (Lipinski definition) is 2. The molecule has 0 unspecified atom stereocenters. The van der Waals surface area contributed by atoms with Crippen LogP contribution in [0.2, 0.25) is 0 Å². The summed E-state index contributed by atoms with van der Waals surface area (Å²) in [6.45, 7) is 0. The fourth-order valence-electron chi connectivity index (χ4n) is 1.77. The second-order valence-corrected chi connectivity index (χ2v) is 3.50. The molecule has 1 N–H and O–H groups in total. The van der Waals surface area contributed by atoms with E-state index in [9.17, 15) is 4.79 Å². The Morgan fingerprint density at radius 1 is 1.12 bits per heavy atom. The number of aromatic nitrogens is 3. The molecule has 0 atom stereocenters. The van der Waals surface area contributed by atoms with E-state index in [1.165, 1.54) is 0 Å². The summed E-state index contributed by atoms with van der Waals surface area (Å²) in [5, 5.41) is 3.48. The van der Waals surface area contributed by atoms with Crippen molar-refractivity contribution in [3.8, 4) is 5.69 Å². The quantitative estimate of drug-likeness (QED) is 0.666. The minimum Gasteiger partial charge on any atom is -0.267 e. The van der Waals surface area contributed by atoms with Gasteiger partial charge in [-0.15, -0.1) is 0 Å². The molecule has 3 aromatic rings. The first kappa shape index (κ1) is 8.91. The third-order valence-electron chi connectivity index (χ3n) is 2.51. The van der Waals surface area contributed by atoms with Gasteiger partial charge in [0.2, 0.25) is 0 Å². The van der Waals surface area contributed by atoms with Crippen LogP contribution in [0.3, 0.4) is 0 Å². The van der Waals surface area contributed by atoms with E-state index in [1.807, 2.05) is 30.3 Å². The second-order valence-electron chi connectivity index (χ2n) is 3.50. The molecule has 4 heteroatoms. The van der Waals surface area contributed by atoms with Crippen molar-refractivity contribution in [2.45, 2.75) is 0 Å². The lowest BCUT2D eigenvalue weighted by molar-refractivity contribution is 0.885. The van der Waals surface area contributed by atoms with Gasteiger partial charge >= 0.3 is 0 Å². The molecular weight excluding hydrogens is 202 g/mol. The van der Waals surface area contributed by atoms with E-state index in [0.717, 1.165) is 11.2 Å². The van der Waals surface area contributed by atoms with Crippen molar-refractivity contribution in [1.29, 1.82) is 0 Å². The minimum absolute atomic E-state index is 0.0838. The van der Waals surface area contributed by atoms with E-state index in [4.69, 9.17) is 0 Å². The lowest BCUT2D eigenvalue weighted by atomic mass is 10.2. The molecule has 0 aliphatic carbocycles. The number of nitrogens with zero attached hydrogens (tertiary/aromatic N) is 2. The molecule has 0 bridgehead atoms. The van der Waals surface area contributed by atoms with E-state index in [-0.39, 0.29) is 5.56 Å². The van der Waals surface area contributed by atoms with Gasteiger partial charge in [0.1, 0.15) is 0 Å². The first-order valence-electron chi connectivity index (χ1n) is 4.96. The number of fused-ring (bicyclic) bond motifs is 1. The van der Waals surface area contributed by atoms with E-state index < -0.39 is 0 Å². The van der Waals surface area contributed by atoms with Gasteiger partial charge in [-0.1, -0.05) is 12.1 Å². The third kappa shape index (κ3) is 1.24. The van der Waals surface area contributed by atoms with Crippen molar-refractivity contribution in [3.05, 3.63) is 59.1 Å². The Morgan fingerprint density at radius 3 is 2.81 bits per heavy atom. The monoisotopic (exact) mass is 211 g/mol. The topological polar surface area (TPSA) is 50.7 Å². The number of nitrogens with one attached hydrogen (secondary N) is 1.